The number of nitrogens with zero attached hydrogens (tertiary/aromatic N) is 2. The molecule has 0 saturated heterocycles. The van der Waals surface area contributed by atoms with Crippen LogP contribution in [-0.4, -0.2) is 15.2 Å². The molecule has 0 amide bonds. The van der Waals surface area contributed by atoms with Crippen LogP contribution in [0.1, 0.15) is 128 Å². The third-order valence-electron chi connectivity index (χ3n) is 15.3. The molecule has 6 aliphatic rings. The van der Waals surface area contributed by atoms with Gasteiger partial charge >= 0.3 is 0 Å². The lowest BCUT2D eigenvalue weighted by molar-refractivity contribution is 0.154. The third-order valence-corrected chi connectivity index (χ3v) is 18.3. The lowest BCUT2D eigenvalue weighted by Gasteiger charge is -2.42. The first kappa shape index (κ1) is 34.1. The molecule has 280 valence electrons. The van der Waals surface area contributed by atoms with E-state index in [1.165, 1.54) is 113 Å². The van der Waals surface area contributed by atoms with E-state index in [1.807, 2.05) is 11.3 Å². The molecule has 3 heterocycles. The van der Waals surface area contributed by atoms with Gasteiger partial charge in [-0.05, 0) is 120 Å². The van der Waals surface area contributed by atoms with E-state index in [9.17, 15) is 0 Å². The van der Waals surface area contributed by atoms with Crippen LogP contribution in [0.4, 0.5) is 0 Å². The van der Waals surface area contributed by atoms with Crippen molar-refractivity contribution in [2.45, 2.75) is 110 Å². The van der Waals surface area contributed by atoms with Gasteiger partial charge in [0, 0.05) is 53.8 Å². The molecule has 1 aliphatic heterocycles. The summed E-state index contributed by atoms with van der Waals surface area (Å²) >= 11 is 4.19. The molecule has 4 saturated carbocycles. The summed E-state index contributed by atoms with van der Waals surface area (Å²) in [5.41, 5.74) is 11.0. The Morgan fingerprint density at radius 2 is 1.52 bits per heavy atom. The van der Waals surface area contributed by atoms with Gasteiger partial charge in [-0.1, -0.05) is 124 Å². The van der Waals surface area contributed by atoms with Crippen LogP contribution < -0.4 is 0 Å². The minimum atomic E-state index is 0.192. The highest BCUT2D eigenvalue weighted by Crippen LogP contribution is 2.67. The number of hydrogen-bond acceptors (Lipinski definition) is 4. The van der Waals surface area contributed by atoms with Crippen LogP contribution in [0.5, 0.6) is 0 Å². The normalized spacial score (nSPS) is 31.2. The monoisotopic (exact) mass is 766 g/mol. The summed E-state index contributed by atoms with van der Waals surface area (Å²) in [5, 5.41) is 1.95. The predicted octanol–water partition coefficient (Wildman–Crippen LogP) is 14.3. The smallest absolute Gasteiger partial charge is 0.160 e. The summed E-state index contributed by atoms with van der Waals surface area (Å²) in [6.45, 7) is 2.57. The number of thioether (sulfide) groups is 1. The van der Waals surface area contributed by atoms with E-state index in [0.29, 0.717) is 34.8 Å². The second-order valence-electron chi connectivity index (χ2n) is 18.4. The molecule has 56 heavy (non-hydrogen) atoms. The molecule has 0 bridgehead atoms. The number of allylic oxidation sites excluding steroid dienone is 1. The van der Waals surface area contributed by atoms with Gasteiger partial charge in [0.15, 0.2) is 5.82 Å². The molecule has 2 nitrogen and oxygen atoms in total. The van der Waals surface area contributed by atoms with Crippen LogP contribution in [0.15, 0.2) is 114 Å². The Morgan fingerprint density at radius 3 is 2.45 bits per heavy atom. The molecule has 4 fully saturated rings. The Morgan fingerprint density at radius 1 is 0.696 bits per heavy atom. The van der Waals surface area contributed by atoms with Crippen molar-refractivity contribution in [1.82, 2.24) is 9.97 Å². The lowest BCUT2D eigenvalue weighted by atomic mass is 9.65. The molecule has 7 unspecified atom stereocenters. The standard InChI is InChI=1S/C52H50N2S2/c1-52-25-11-17-38(50(52)56-46-20-10-8-18-42(46)52)35-27-36(47-41-24-23-40-39-16-7-9-19-45(39)55-49(40)48(41)47)29-37(28-35)51-53-43(32-13-3-2-4-14-32)30-44(54-51)34-22-21-31-12-5-6-15-33(31)26-34/h2-4,7-10,13-14,16,18-20,23-24,27-31,33-34,38,41,47-48,50H,5-6,11-12,15,17,21-22,25-26H2,1H3/t31-,33?,34+,38?,41?,47?,48?,50?,52?/m0/s1. The van der Waals surface area contributed by atoms with Crippen LogP contribution in [0.25, 0.3) is 38.8 Å². The summed E-state index contributed by atoms with van der Waals surface area (Å²) in [7, 11) is 0. The predicted molar refractivity (Wildman–Crippen MR) is 235 cm³/mol. The first-order valence-corrected chi connectivity index (χ1v) is 23.3. The van der Waals surface area contributed by atoms with Crippen molar-refractivity contribution in [3.8, 4) is 22.6 Å². The molecule has 5 aliphatic carbocycles. The van der Waals surface area contributed by atoms with E-state index in [-0.39, 0.29) is 5.41 Å². The molecule has 12 rings (SSSR count). The van der Waals surface area contributed by atoms with Gasteiger partial charge in [0.2, 0.25) is 0 Å². The van der Waals surface area contributed by atoms with Gasteiger partial charge in [0.1, 0.15) is 0 Å². The van der Waals surface area contributed by atoms with Gasteiger partial charge in [0.05, 0.1) is 5.69 Å². The van der Waals surface area contributed by atoms with Gasteiger partial charge in [0.25, 0.3) is 0 Å². The van der Waals surface area contributed by atoms with E-state index in [4.69, 9.17) is 9.97 Å². The first-order chi connectivity index (χ1) is 27.6. The maximum atomic E-state index is 5.64. The van der Waals surface area contributed by atoms with Crippen molar-refractivity contribution in [2.75, 3.05) is 0 Å². The summed E-state index contributed by atoms with van der Waals surface area (Å²) in [5.74, 6) is 5.30. The number of rotatable bonds is 5. The van der Waals surface area contributed by atoms with E-state index in [1.54, 1.807) is 10.4 Å². The number of aromatic nitrogens is 2. The molecular weight excluding hydrogens is 717 g/mol. The number of thiophene rings is 1. The molecule has 4 heteroatoms. The van der Waals surface area contributed by atoms with Gasteiger partial charge in [-0.2, -0.15) is 0 Å². The van der Waals surface area contributed by atoms with Crippen LogP contribution in [0.3, 0.4) is 0 Å². The average molecular weight is 767 g/mol. The van der Waals surface area contributed by atoms with Crippen molar-refractivity contribution >= 4 is 39.3 Å². The minimum Gasteiger partial charge on any atom is -0.233 e. The highest BCUT2D eigenvalue weighted by Gasteiger charge is 2.54. The summed E-state index contributed by atoms with van der Waals surface area (Å²) in [6.07, 6.45) is 18.3. The Hall–Kier alpha value is -3.99. The lowest BCUT2D eigenvalue weighted by Crippen LogP contribution is -2.39. The number of hydrogen-bond donors (Lipinski definition) is 0. The Bertz CT molecular complexity index is 2520. The fourth-order valence-electron chi connectivity index (χ4n) is 12.4. The topological polar surface area (TPSA) is 25.8 Å². The zero-order valence-corrected chi connectivity index (χ0v) is 34.0. The van der Waals surface area contributed by atoms with E-state index >= 15 is 0 Å². The van der Waals surface area contributed by atoms with Crippen molar-refractivity contribution in [3.63, 3.8) is 0 Å². The number of benzene rings is 4. The maximum absolute atomic E-state index is 5.64. The zero-order valence-electron chi connectivity index (χ0n) is 32.4. The fraction of sp³-hybridized carbons (Fsp3) is 0.385. The summed E-state index contributed by atoms with van der Waals surface area (Å²) < 4.78 is 1.42. The average Bonchev–Trinajstić information content (AvgIpc) is 3.75. The van der Waals surface area contributed by atoms with Crippen LogP contribution in [0.2, 0.25) is 0 Å². The largest absolute Gasteiger partial charge is 0.233 e. The van der Waals surface area contributed by atoms with Gasteiger partial charge in [-0.3, -0.25) is 0 Å². The second-order valence-corrected chi connectivity index (χ2v) is 20.7. The van der Waals surface area contributed by atoms with Gasteiger partial charge in [-0.15, -0.1) is 23.1 Å². The Kier molecular flexibility index (Phi) is 8.08. The van der Waals surface area contributed by atoms with Crippen LogP contribution in [-0.2, 0) is 5.41 Å². The highest BCUT2D eigenvalue weighted by atomic mass is 32.2. The van der Waals surface area contributed by atoms with Crippen molar-refractivity contribution in [1.29, 1.82) is 0 Å². The Balaban J connectivity index is 0.995. The van der Waals surface area contributed by atoms with Crippen LogP contribution >= 0.6 is 23.1 Å². The molecule has 0 radical (unpaired) electrons. The quantitative estimate of drug-likeness (QED) is 0.175. The molecular formula is C52H50N2S2. The minimum absolute atomic E-state index is 0.192. The second kappa shape index (κ2) is 13.3. The maximum Gasteiger partial charge on any atom is 0.160 e. The van der Waals surface area contributed by atoms with E-state index < -0.39 is 0 Å². The Labute approximate surface area is 340 Å². The SMILES string of the molecule is CC12CCCC(c3cc(-c4nc(-c5ccccc5)cc([C@@H]5CC[C@@H]6CCCCC6C5)n4)cc(C4C5C=Cc6c(sc7ccccc67)C54)c3)C1Sc1ccccc12. The highest BCUT2D eigenvalue weighted by molar-refractivity contribution is 8.00. The van der Waals surface area contributed by atoms with Crippen molar-refractivity contribution in [3.05, 3.63) is 142 Å². The van der Waals surface area contributed by atoms with Crippen molar-refractivity contribution < 1.29 is 0 Å². The molecule has 9 atom stereocenters. The van der Waals surface area contributed by atoms with E-state index in [2.05, 4.69) is 134 Å². The van der Waals surface area contributed by atoms with Gasteiger partial charge < -0.3 is 0 Å². The molecule has 6 aromatic rings. The van der Waals surface area contributed by atoms with Crippen LogP contribution in [0, 0.1) is 17.8 Å². The molecule has 0 N–H and O–H groups in total. The van der Waals surface area contributed by atoms with Gasteiger partial charge in [-0.25, -0.2) is 9.97 Å². The molecule has 0 spiro atoms. The molecule has 2 aromatic heterocycles. The summed E-state index contributed by atoms with van der Waals surface area (Å²) in [6, 6.07) is 39.3. The van der Waals surface area contributed by atoms with E-state index in [0.717, 1.165) is 23.4 Å². The zero-order chi connectivity index (χ0) is 37.0. The number of fused-ring (bicyclic) bond motifs is 9. The van der Waals surface area contributed by atoms with Crippen molar-refractivity contribution in [2.24, 2.45) is 17.8 Å². The fourth-order valence-corrected chi connectivity index (χ4v) is 15.6. The third kappa shape index (κ3) is 5.48. The summed E-state index contributed by atoms with van der Waals surface area (Å²) in [4.78, 5) is 14.2. The molecule has 4 aromatic carbocycles. The first-order valence-electron chi connectivity index (χ1n) is 21.6.